The van der Waals surface area contributed by atoms with Gasteiger partial charge in [-0.05, 0) is 24.3 Å². The Hall–Kier alpha value is -3.60. The van der Waals surface area contributed by atoms with E-state index in [-0.39, 0.29) is 23.2 Å². The van der Waals surface area contributed by atoms with Crippen LogP contribution in [0.2, 0.25) is 0 Å². The van der Waals surface area contributed by atoms with Crippen LogP contribution in [0.25, 0.3) is 11.3 Å². The summed E-state index contributed by atoms with van der Waals surface area (Å²) in [5.41, 5.74) is 0.651. The van der Waals surface area contributed by atoms with Crippen molar-refractivity contribution in [1.82, 2.24) is 4.98 Å². The third-order valence-corrected chi connectivity index (χ3v) is 4.30. The lowest BCUT2D eigenvalue weighted by molar-refractivity contribution is -0.384. The van der Waals surface area contributed by atoms with Crippen LogP contribution in [0, 0.1) is 10.1 Å². The number of carbonyl (C=O) groups is 1. The van der Waals surface area contributed by atoms with Gasteiger partial charge in [0.2, 0.25) is 0 Å². The number of ether oxygens (including phenoxy) is 2. The minimum atomic E-state index is -2.97. The molecule has 3 aromatic rings. The Morgan fingerprint density at radius 2 is 1.93 bits per heavy atom. The number of nitrogens with one attached hydrogen (secondary N) is 1. The summed E-state index contributed by atoms with van der Waals surface area (Å²) in [5.74, 6) is -0.225. The molecule has 0 spiro atoms. The minimum absolute atomic E-state index is 0.0211. The van der Waals surface area contributed by atoms with Crippen LogP contribution >= 0.6 is 11.3 Å². The molecule has 0 aliphatic rings. The third-order valence-electron chi connectivity index (χ3n) is 3.55. The molecule has 8 nitrogen and oxygen atoms in total. The molecule has 0 unspecified atom stereocenters. The fourth-order valence-corrected chi connectivity index (χ4v) is 3.03. The summed E-state index contributed by atoms with van der Waals surface area (Å²) in [4.78, 5) is 26.3. The number of anilines is 1. The van der Waals surface area contributed by atoms with Gasteiger partial charge in [0.25, 0.3) is 11.6 Å². The second-order valence-electron chi connectivity index (χ2n) is 5.50. The third kappa shape index (κ3) is 5.45. The number of rotatable bonds is 8. The Balaban J connectivity index is 1.60. The van der Waals surface area contributed by atoms with Crippen molar-refractivity contribution in [1.29, 1.82) is 0 Å². The standard InChI is InChI=1S/C18H13F2N3O5S/c19-17(20)28-15-4-2-1-3-13(15)14-10-29-18(21-14)22-16(24)9-27-12-7-5-11(6-8-12)23(25)26/h1-8,10,17H,9H2,(H,21,22,24). The van der Waals surface area contributed by atoms with E-state index in [0.29, 0.717) is 17.0 Å². The average molecular weight is 421 g/mol. The van der Waals surface area contributed by atoms with Crippen molar-refractivity contribution < 1.29 is 28.0 Å². The quantitative estimate of drug-likeness (QED) is 0.429. The molecule has 0 aliphatic carbocycles. The fraction of sp³-hybridized carbons (Fsp3) is 0.111. The van der Waals surface area contributed by atoms with Crippen molar-refractivity contribution in [2.75, 3.05) is 11.9 Å². The maximum absolute atomic E-state index is 12.5. The number of hydrogen-bond acceptors (Lipinski definition) is 7. The van der Waals surface area contributed by atoms with E-state index in [2.05, 4.69) is 15.0 Å². The first-order chi connectivity index (χ1) is 13.9. The lowest BCUT2D eigenvalue weighted by Crippen LogP contribution is -2.20. The van der Waals surface area contributed by atoms with Gasteiger partial charge in [-0.15, -0.1) is 11.3 Å². The summed E-state index contributed by atoms with van der Waals surface area (Å²) in [7, 11) is 0. The Labute approximate surface area is 166 Å². The van der Waals surface area contributed by atoms with E-state index in [1.54, 1.807) is 23.6 Å². The molecule has 0 saturated heterocycles. The smallest absolute Gasteiger partial charge is 0.387 e. The van der Waals surface area contributed by atoms with Crippen molar-refractivity contribution in [3.05, 3.63) is 64.0 Å². The zero-order valence-corrected chi connectivity index (χ0v) is 15.4. The SMILES string of the molecule is O=C(COc1ccc([N+](=O)[O-])cc1)Nc1nc(-c2ccccc2OC(F)F)cs1. The van der Waals surface area contributed by atoms with Crippen LogP contribution in [0.1, 0.15) is 0 Å². The number of nitrogens with zero attached hydrogens (tertiary/aromatic N) is 2. The predicted molar refractivity (Wildman–Crippen MR) is 101 cm³/mol. The van der Waals surface area contributed by atoms with Gasteiger partial charge in [-0.2, -0.15) is 8.78 Å². The topological polar surface area (TPSA) is 104 Å². The second kappa shape index (κ2) is 9.06. The van der Waals surface area contributed by atoms with Gasteiger partial charge in [-0.3, -0.25) is 20.2 Å². The molecule has 1 N–H and O–H groups in total. The van der Waals surface area contributed by atoms with Crippen molar-refractivity contribution >= 4 is 28.1 Å². The van der Waals surface area contributed by atoms with Crippen LogP contribution in [0.15, 0.2) is 53.9 Å². The zero-order chi connectivity index (χ0) is 20.8. The van der Waals surface area contributed by atoms with E-state index in [4.69, 9.17) is 4.74 Å². The maximum atomic E-state index is 12.5. The van der Waals surface area contributed by atoms with E-state index in [9.17, 15) is 23.7 Å². The van der Waals surface area contributed by atoms with E-state index in [1.807, 2.05) is 0 Å². The van der Waals surface area contributed by atoms with Crippen LogP contribution < -0.4 is 14.8 Å². The highest BCUT2D eigenvalue weighted by Gasteiger charge is 2.14. The van der Waals surface area contributed by atoms with Gasteiger partial charge in [0.05, 0.1) is 10.6 Å². The molecule has 2 aromatic carbocycles. The van der Waals surface area contributed by atoms with Crippen LogP contribution in [-0.4, -0.2) is 29.0 Å². The molecule has 1 aromatic heterocycles. The molecular formula is C18H13F2N3O5S. The van der Waals surface area contributed by atoms with Gasteiger partial charge in [0.1, 0.15) is 11.5 Å². The number of halogens is 2. The van der Waals surface area contributed by atoms with Gasteiger partial charge in [-0.1, -0.05) is 12.1 Å². The molecule has 1 amide bonds. The largest absolute Gasteiger partial charge is 0.484 e. The Bertz CT molecular complexity index is 1010. The van der Waals surface area contributed by atoms with Gasteiger partial charge < -0.3 is 9.47 Å². The number of non-ortho nitro benzene ring substituents is 1. The molecule has 29 heavy (non-hydrogen) atoms. The van der Waals surface area contributed by atoms with Gasteiger partial charge in [0, 0.05) is 23.1 Å². The Kier molecular flexibility index (Phi) is 6.29. The molecular weight excluding hydrogens is 408 g/mol. The number of amides is 1. The highest BCUT2D eigenvalue weighted by Crippen LogP contribution is 2.33. The van der Waals surface area contributed by atoms with Gasteiger partial charge >= 0.3 is 6.61 Å². The summed E-state index contributed by atoms with van der Waals surface area (Å²) in [5, 5.41) is 15.0. The number of nitro benzene ring substituents is 1. The van der Waals surface area contributed by atoms with Crippen molar-refractivity contribution in [2.24, 2.45) is 0 Å². The van der Waals surface area contributed by atoms with Crippen LogP contribution in [-0.2, 0) is 4.79 Å². The summed E-state index contributed by atoms with van der Waals surface area (Å²) >= 11 is 1.11. The molecule has 3 rings (SSSR count). The fourth-order valence-electron chi connectivity index (χ4n) is 2.30. The molecule has 0 saturated carbocycles. The van der Waals surface area contributed by atoms with E-state index in [0.717, 1.165) is 11.3 Å². The summed E-state index contributed by atoms with van der Waals surface area (Å²) < 4.78 is 34.8. The number of hydrogen-bond donors (Lipinski definition) is 1. The van der Waals surface area contributed by atoms with Gasteiger partial charge in [0.15, 0.2) is 11.7 Å². The lowest BCUT2D eigenvalue weighted by Gasteiger charge is -2.08. The van der Waals surface area contributed by atoms with E-state index < -0.39 is 17.4 Å². The lowest BCUT2D eigenvalue weighted by atomic mass is 10.1. The van der Waals surface area contributed by atoms with Crippen molar-refractivity contribution in [2.45, 2.75) is 6.61 Å². The minimum Gasteiger partial charge on any atom is -0.484 e. The zero-order valence-electron chi connectivity index (χ0n) is 14.6. The first kappa shape index (κ1) is 20.1. The first-order valence-corrected chi connectivity index (χ1v) is 8.97. The van der Waals surface area contributed by atoms with E-state index >= 15 is 0 Å². The highest BCUT2D eigenvalue weighted by atomic mass is 32.1. The molecule has 150 valence electrons. The maximum Gasteiger partial charge on any atom is 0.387 e. The van der Waals surface area contributed by atoms with Crippen LogP contribution in [0.5, 0.6) is 11.5 Å². The van der Waals surface area contributed by atoms with Gasteiger partial charge in [-0.25, -0.2) is 4.98 Å². The average Bonchev–Trinajstić information content (AvgIpc) is 3.15. The number of aromatic nitrogens is 1. The number of benzene rings is 2. The normalized spacial score (nSPS) is 10.6. The highest BCUT2D eigenvalue weighted by molar-refractivity contribution is 7.14. The number of nitro groups is 1. The number of para-hydroxylation sites is 1. The molecule has 0 aliphatic heterocycles. The summed E-state index contributed by atoms with van der Waals surface area (Å²) in [6.07, 6.45) is 0. The van der Waals surface area contributed by atoms with Crippen LogP contribution in [0.4, 0.5) is 19.6 Å². The first-order valence-electron chi connectivity index (χ1n) is 8.09. The molecule has 11 heteroatoms. The second-order valence-corrected chi connectivity index (χ2v) is 6.36. The van der Waals surface area contributed by atoms with Crippen molar-refractivity contribution in [3.63, 3.8) is 0 Å². The van der Waals surface area contributed by atoms with Crippen molar-refractivity contribution in [3.8, 4) is 22.8 Å². The monoisotopic (exact) mass is 421 g/mol. The number of carbonyl (C=O) groups excluding carboxylic acids is 1. The molecule has 0 radical (unpaired) electrons. The molecule has 0 atom stereocenters. The van der Waals surface area contributed by atoms with Crippen LogP contribution in [0.3, 0.4) is 0 Å². The predicted octanol–water partition coefficient (Wildman–Crippen LogP) is 4.34. The van der Waals surface area contributed by atoms with E-state index in [1.165, 1.54) is 30.3 Å². The number of alkyl halides is 2. The Morgan fingerprint density at radius 3 is 2.62 bits per heavy atom. The molecule has 0 bridgehead atoms. The summed E-state index contributed by atoms with van der Waals surface area (Å²) in [6.45, 7) is -3.30. The Morgan fingerprint density at radius 1 is 1.21 bits per heavy atom. The molecule has 0 fully saturated rings. The number of thiazole rings is 1. The summed E-state index contributed by atoms with van der Waals surface area (Å²) in [6, 6.07) is 11.5. The molecule has 1 heterocycles.